The summed E-state index contributed by atoms with van der Waals surface area (Å²) >= 11 is 1.68. The van der Waals surface area contributed by atoms with Crippen LogP contribution in [0.25, 0.3) is 16.6 Å². The van der Waals surface area contributed by atoms with Gasteiger partial charge in [0, 0.05) is 63.6 Å². The highest BCUT2D eigenvalue weighted by atomic mass is 32.1. The molecule has 4 heterocycles. The molecule has 0 aliphatic carbocycles. The Bertz CT molecular complexity index is 1650. The lowest BCUT2D eigenvalue weighted by atomic mass is 10.1. The van der Waals surface area contributed by atoms with Crippen molar-refractivity contribution in [3.05, 3.63) is 93.9 Å². The standard InChI is InChI=1S/C29H25F2N5O2S/c30-20-1-3-25(31)19(11-20)15-36-9-5-18-12-22(2-4-27(18)36)33-26-16-35(17-28-24(26)7-10-39-28)8-6-21-13-23(14-32-21)34-29(37)38/h1-5,7,9-12,16,21,23,32-34H,13-15,17H2,(H,37,38)/t21-,23-/m1/s1. The summed E-state index contributed by atoms with van der Waals surface area (Å²) in [4.78, 5) is 14.0. The van der Waals surface area contributed by atoms with Crippen LogP contribution in [0.2, 0.25) is 0 Å². The lowest BCUT2D eigenvalue weighted by Gasteiger charge is -2.23. The Morgan fingerprint density at radius 3 is 2.95 bits per heavy atom. The smallest absolute Gasteiger partial charge is 0.404 e. The highest BCUT2D eigenvalue weighted by Crippen LogP contribution is 2.32. The number of hydrogen-bond acceptors (Lipinski definition) is 5. The van der Waals surface area contributed by atoms with Crippen molar-refractivity contribution in [1.29, 1.82) is 0 Å². The molecule has 0 bridgehead atoms. The van der Waals surface area contributed by atoms with Crippen molar-refractivity contribution in [3.63, 3.8) is 0 Å². The molecule has 0 radical (unpaired) electrons. The van der Waals surface area contributed by atoms with Crippen LogP contribution in [-0.4, -0.2) is 39.3 Å². The van der Waals surface area contributed by atoms with E-state index in [0.29, 0.717) is 25.1 Å². The van der Waals surface area contributed by atoms with Crippen molar-refractivity contribution >= 4 is 39.7 Å². The van der Waals surface area contributed by atoms with Gasteiger partial charge in [0.25, 0.3) is 0 Å². The maximum absolute atomic E-state index is 14.2. The fourth-order valence-corrected chi connectivity index (χ4v) is 5.90. The van der Waals surface area contributed by atoms with Gasteiger partial charge in [0.2, 0.25) is 0 Å². The van der Waals surface area contributed by atoms with E-state index in [4.69, 9.17) is 5.11 Å². The summed E-state index contributed by atoms with van der Waals surface area (Å²) in [6.07, 6.45) is 3.47. The number of carboxylic acid groups (broad SMARTS) is 1. The number of anilines is 1. The van der Waals surface area contributed by atoms with Gasteiger partial charge >= 0.3 is 6.09 Å². The Balaban J connectivity index is 1.20. The van der Waals surface area contributed by atoms with Crippen LogP contribution in [0.4, 0.5) is 19.3 Å². The van der Waals surface area contributed by atoms with Gasteiger partial charge in [-0.25, -0.2) is 13.6 Å². The molecule has 10 heteroatoms. The number of aromatic nitrogens is 1. The third-order valence-corrected chi connectivity index (χ3v) is 7.78. The first-order valence-electron chi connectivity index (χ1n) is 12.5. The molecule has 1 fully saturated rings. The van der Waals surface area contributed by atoms with Crippen LogP contribution < -0.4 is 16.0 Å². The van der Waals surface area contributed by atoms with E-state index < -0.39 is 17.7 Å². The average molecular weight is 546 g/mol. The summed E-state index contributed by atoms with van der Waals surface area (Å²) in [5.41, 5.74) is 4.18. The summed E-state index contributed by atoms with van der Waals surface area (Å²) in [7, 11) is 0. The Morgan fingerprint density at radius 2 is 2.08 bits per heavy atom. The van der Waals surface area contributed by atoms with Crippen molar-refractivity contribution in [1.82, 2.24) is 20.1 Å². The molecule has 2 aromatic heterocycles. The first-order chi connectivity index (χ1) is 18.9. The molecule has 7 nitrogen and oxygen atoms in total. The second-order valence-electron chi connectivity index (χ2n) is 9.61. The van der Waals surface area contributed by atoms with Gasteiger partial charge < -0.3 is 30.5 Å². The Labute approximate surface area is 227 Å². The van der Waals surface area contributed by atoms with Crippen LogP contribution >= 0.6 is 11.3 Å². The van der Waals surface area contributed by atoms with Crippen molar-refractivity contribution in [2.75, 3.05) is 11.9 Å². The quantitative estimate of drug-likeness (QED) is 0.259. The predicted octanol–water partition coefficient (Wildman–Crippen LogP) is 5.21. The minimum atomic E-state index is -1.02. The second kappa shape index (κ2) is 10.4. The van der Waals surface area contributed by atoms with E-state index in [2.05, 4.69) is 39.4 Å². The molecular weight excluding hydrogens is 520 g/mol. The van der Waals surface area contributed by atoms with Gasteiger partial charge in [-0.15, -0.1) is 11.3 Å². The Kier molecular flexibility index (Phi) is 6.69. The molecule has 2 aliphatic heterocycles. The number of hydrogen-bond donors (Lipinski definition) is 4. The van der Waals surface area contributed by atoms with E-state index in [9.17, 15) is 13.6 Å². The molecule has 6 rings (SSSR count). The molecule has 4 aromatic rings. The highest BCUT2D eigenvalue weighted by molar-refractivity contribution is 7.10. The molecule has 1 amide bonds. The summed E-state index contributed by atoms with van der Waals surface area (Å²) < 4.78 is 29.7. The maximum atomic E-state index is 14.2. The molecule has 4 N–H and O–H groups in total. The van der Waals surface area contributed by atoms with Gasteiger partial charge in [0.1, 0.15) is 11.6 Å². The van der Waals surface area contributed by atoms with E-state index in [1.54, 1.807) is 11.3 Å². The molecule has 0 unspecified atom stereocenters. The summed E-state index contributed by atoms with van der Waals surface area (Å²) in [6, 6.07) is 16.5. The third-order valence-electron chi connectivity index (χ3n) is 6.87. The number of benzene rings is 2. The minimum Gasteiger partial charge on any atom is -0.465 e. The van der Waals surface area contributed by atoms with Gasteiger partial charge in [-0.2, -0.15) is 0 Å². The number of amides is 1. The van der Waals surface area contributed by atoms with Crippen molar-refractivity contribution in [2.24, 2.45) is 0 Å². The molecule has 2 aliphatic rings. The Hall–Kier alpha value is -4.33. The van der Waals surface area contributed by atoms with Crippen LogP contribution in [0.1, 0.15) is 22.4 Å². The molecule has 39 heavy (non-hydrogen) atoms. The van der Waals surface area contributed by atoms with Crippen LogP contribution in [0.3, 0.4) is 0 Å². The summed E-state index contributed by atoms with van der Waals surface area (Å²) in [5, 5.41) is 21.3. The van der Waals surface area contributed by atoms with Gasteiger partial charge in [-0.05, 0) is 60.3 Å². The third kappa shape index (κ3) is 5.46. The van der Waals surface area contributed by atoms with E-state index >= 15 is 0 Å². The zero-order chi connectivity index (χ0) is 26.9. The predicted molar refractivity (Wildman–Crippen MR) is 148 cm³/mol. The van der Waals surface area contributed by atoms with Crippen LogP contribution in [-0.2, 0) is 13.1 Å². The van der Waals surface area contributed by atoms with Gasteiger partial charge in [-0.1, -0.05) is 5.92 Å². The van der Waals surface area contributed by atoms with Gasteiger partial charge in [-0.3, -0.25) is 0 Å². The molecule has 0 spiro atoms. The number of carbonyl (C=O) groups is 1. The number of halogens is 2. The SMILES string of the molecule is O=C(O)N[C@H]1CN[C@H](C#CN2C=C(Nc3ccc4c(ccn4Cc4cc(F)ccc4F)c3)c3ccsc3C2)C1. The minimum absolute atomic E-state index is 0.0799. The monoisotopic (exact) mass is 545 g/mol. The zero-order valence-electron chi connectivity index (χ0n) is 20.7. The van der Waals surface area contributed by atoms with E-state index in [1.165, 1.54) is 10.9 Å². The molecule has 0 saturated carbocycles. The fraction of sp³-hybridized carbons (Fsp3) is 0.207. The van der Waals surface area contributed by atoms with E-state index in [0.717, 1.165) is 40.0 Å². The van der Waals surface area contributed by atoms with E-state index in [-0.39, 0.29) is 18.6 Å². The molecule has 1 saturated heterocycles. The summed E-state index contributed by atoms with van der Waals surface area (Å²) in [6.45, 7) is 1.47. The number of nitrogens with zero attached hydrogens (tertiary/aromatic N) is 2. The first kappa shape index (κ1) is 25.0. The fourth-order valence-electron chi connectivity index (χ4n) is 5.01. The summed E-state index contributed by atoms with van der Waals surface area (Å²) in [5.74, 6) is 2.34. The average Bonchev–Trinajstić information content (AvgIpc) is 3.65. The number of fused-ring (bicyclic) bond motifs is 2. The van der Waals surface area contributed by atoms with Gasteiger partial charge in [0.15, 0.2) is 0 Å². The van der Waals surface area contributed by atoms with E-state index in [1.807, 2.05) is 46.1 Å². The van der Waals surface area contributed by atoms with Crippen LogP contribution in [0.15, 0.2) is 66.3 Å². The largest absolute Gasteiger partial charge is 0.465 e. The van der Waals surface area contributed by atoms with Gasteiger partial charge in [0.05, 0.1) is 24.8 Å². The molecular formula is C29H25F2N5O2S. The van der Waals surface area contributed by atoms with Crippen molar-refractivity contribution in [2.45, 2.75) is 31.6 Å². The lowest BCUT2D eigenvalue weighted by molar-refractivity contribution is 0.190. The maximum Gasteiger partial charge on any atom is 0.404 e. The molecule has 2 aromatic carbocycles. The molecule has 2 atom stereocenters. The van der Waals surface area contributed by atoms with Crippen molar-refractivity contribution < 1.29 is 18.7 Å². The normalized spacial score (nSPS) is 18.3. The molecule has 198 valence electrons. The topological polar surface area (TPSA) is 81.6 Å². The van der Waals surface area contributed by atoms with Crippen LogP contribution in [0.5, 0.6) is 0 Å². The van der Waals surface area contributed by atoms with Crippen molar-refractivity contribution in [3.8, 4) is 12.0 Å². The Morgan fingerprint density at radius 1 is 1.18 bits per heavy atom. The lowest BCUT2D eigenvalue weighted by Crippen LogP contribution is -2.34. The number of rotatable bonds is 5. The highest BCUT2D eigenvalue weighted by Gasteiger charge is 2.24. The zero-order valence-corrected chi connectivity index (χ0v) is 21.6. The number of thiophene rings is 1. The van der Waals surface area contributed by atoms with Crippen LogP contribution in [0, 0.1) is 23.6 Å². The second-order valence-corrected chi connectivity index (χ2v) is 10.6. The number of nitrogens with one attached hydrogen (secondary N) is 3. The first-order valence-corrected chi connectivity index (χ1v) is 13.4.